The third kappa shape index (κ3) is 2.38. The van der Waals surface area contributed by atoms with Crippen LogP contribution in [0.4, 0.5) is 10.5 Å². The molecule has 2 unspecified atom stereocenters. The van der Waals surface area contributed by atoms with Crippen LogP contribution in [0.25, 0.3) is 0 Å². The highest BCUT2D eigenvalue weighted by molar-refractivity contribution is 9.10. The Bertz CT molecular complexity index is 831. The van der Waals surface area contributed by atoms with Crippen LogP contribution in [0.2, 0.25) is 0 Å². The fraction of sp³-hybridized carbons (Fsp3) is 0.316. The summed E-state index contributed by atoms with van der Waals surface area (Å²) in [7, 11) is 0. The fourth-order valence-corrected chi connectivity index (χ4v) is 4.19. The highest BCUT2D eigenvalue weighted by Gasteiger charge is 2.49. The zero-order valence-electron chi connectivity index (χ0n) is 13.9. The number of amides is 2. The number of benzene rings is 2. The molecular formula is C19H19BrN2O2. The number of hydrogen-bond donors (Lipinski definition) is 1. The first-order valence-corrected chi connectivity index (χ1v) is 8.82. The van der Waals surface area contributed by atoms with Crippen LogP contribution in [-0.2, 0) is 0 Å². The summed E-state index contributed by atoms with van der Waals surface area (Å²) in [5.41, 5.74) is 3.45. The Kier molecular flexibility index (Phi) is 3.39. The summed E-state index contributed by atoms with van der Waals surface area (Å²) in [6, 6.07) is 11.9. The summed E-state index contributed by atoms with van der Waals surface area (Å²) < 4.78 is 7.29. The minimum Gasteiger partial charge on any atom is -0.467 e. The van der Waals surface area contributed by atoms with Crippen molar-refractivity contribution in [1.82, 2.24) is 5.32 Å². The maximum Gasteiger partial charge on any atom is 0.325 e. The average molecular weight is 387 g/mol. The van der Waals surface area contributed by atoms with Gasteiger partial charge in [-0.25, -0.2) is 4.79 Å². The zero-order valence-corrected chi connectivity index (χ0v) is 15.5. The highest BCUT2D eigenvalue weighted by Crippen LogP contribution is 2.46. The molecule has 1 fully saturated rings. The number of fused-ring (bicyclic) bond motifs is 4. The summed E-state index contributed by atoms with van der Waals surface area (Å²) in [4.78, 5) is 14.6. The molecular weight excluding hydrogens is 368 g/mol. The number of ether oxygens (including phenoxy) is 1. The Hall–Kier alpha value is -2.01. The van der Waals surface area contributed by atoms with E-state index in [1.807, 2.05) is 51.1 Å². The second kappa shape index (κ2) is 5.24. The molecule has 2 aromatic carbocycles. The van der Waals surface area contributed by atoms with Gasteiger partial charge in [-0.1, -0.05) is 22.0 Å². The summed E-state index contributed by atoms with van der Waals surface area (Å²) >= 11 is 3.49. The Morgan fingerprint density at radius 2 is 1.92 bits per heavy atom. The summed E-state index contributed by atoms with van der Waals surface area (Å²) in [6.45, 7) is 6.07. The zero-order chi connectivity index (χ0) is 17.1. The monoisotopic (exact) mass is 386 g/mol. The lowest BCUT2D eigenvalue weighted by Gasteiger charge is -2.50. The first-order chi connectivity index (χ1) is 11.4. The van der Waals surface area contributed by atoms with Crippen molar-refractivity contribution in [2.75, 3.05) is 4.90 Å². The summed E-state index contributed by atoms with van der Waals surface area (Å²) in [5.74, 6) is 0.825. The van der Waals surface area contributed by atoms with Crippen LogP contribution in [0.5, 0.6) is 5.75 Å². The van der Waals surface area contributed by atoms with Gasteiger partial charge < -0.3 is 10.1 Å². The first kappa shape index (κ1) is 15.5. The molecule has 1 N–H and O–H groups in total. The van der Waals surface area contributed by atoms with Gasteiger partial charge in [0.05, 0.1) is 6.04 Å². The number of carbonyl (C=O) groups is 1. The van der Waals surface area contributed by atoms with E-state index in [1.54, 1.807) is 4.90 Å². The van der Waals surface area contributed by atoms with Crippen molar-refractivity contribution in [3.63, 3.8) is 0 Å². The third-order valence-electron chi connectivity index (χ3n) is 4.70. The van der Waals surface area contributed by atoms with Crippen LogP contribution in [-0.4, -0.2) is 11.8 Å². The van der Waals surface area contributed by atoms with Crippen molar-refractivity contribution in [2.24, 2.45) is 0 Å². The molecule has 2 heterocycles. The number of carbonyl (C=O) groups excluding carboxylic acids is 1. The van der Waals surface area contributed by atoms with Crippen LogP contribution in [0.1, 0.15) is 36.1 Å². The van der Waals surface area contributed by atoms with Crippen LogP contribution in [0.3, 0.4) is 0 Å². The molecule has 5 heteroatoms. The maximum absolute atomic E-state index is 12.9. The van der Waals surface area contributed by atoms with Gasteiger partial charge in [0.15, 0.2) is 5.72 Å². The van der Waals surface area contributed by atoms with Gasteiger partial charge >= 0.3 is 6.03 Å². The van der Waals surface area contributed by atoms with Gasteiger partial charge in [0, 0.05) is 22.1 Å². The molecule has 1 saturated heterocycles. The van der Waals surface area contributed by atoms with E-state index < -0.39 is 5.72 Å². The standard InChI is InChI=1S/C19H19BrN2O2/c1-11-6-12(2)8-14(7-11)22-18(23)21-16-10-19(22,3)24-17-5-4-13(20)9-15(16)17/h4-9,16H,10H2,1-3H3,(H,21,23). The third-order valence-corrected chi connectivity index (χ3v) is 5.19. The quantitative estimate of drug-likeness (QED) is 0.761. The molecule has 2 amide bonds. The Labute approximate surface area is 149 Å². The molecule has 24 heavy (non-hydrogen) atoms. The van der Waals surface area contributed by atoms with E-state index in [-0.39, 0.29) is 12.1 Å². The number of halogens is 1. The Morgan fingerprint density at radius 3 is 2.62 bits per heavy atom. The van der Waals surface area contributed by atoms with Gasteiger partial charge in [0.2, 0.25) is 0 Å². The van der Waals surface area contributed by atoms with Gasteiger partial charge in [-0.05, 0) is 62.2 Å². The molecule has 2 aliphatic heterocycles. The number of hydrogen-bond acceptors (Lipinski definition) is 2. The molecule has 0 aliphatic carbocycles. The van der Waals surface area contributed by atoms with E-state index >= 15 is 0 Å². The van der Waals surface area contributed by atoms with Crippen LogP contribution in [0, 0.1) is 13.8 Å². The topological polar surface area (TPSA) is 41.6 Å². The molecule has 4 nitrogen and oxygen atoms in total. The number of nitrogens with one attached hydrogen (secondary N) is 1. The Morgan fingerprint density at radius 1 is 1.21 bits per heavy atom. The molecule has 4 rings (SSSR count). The SMILES string of the molecule is Cc1cc(C)cc(N2C(=O)NC3CC2(C)Oc2ccc(Br)cc23)c1. The fourth-order valence-electron chi connectivity index (χ4n) is 3.82. The lowest BCUT2D eigenvalue weighted by atomic mass is 9.90. The van der Waals surface area contributed by atoms with Crippen LogP contribution < -0.4 is 15.0 Å². The second-order valence-electron chi connectivity index (χ2n) is 6.85. The van der Waals surface area contributed by atoms with Gasteiger partial charge in [0.1, 0.15) is 5.75 Å². The maximum atomic E-state index is 12.9. The van der Waals surface area contributed by atoms with Gasteiger partial charge in [-0.15, -0.1) is 0 Å². The van der Waals surface area contributed by atoms with Crippen LogP contribution in [0.15, 0.2) is 40.9 Å². The molecule has 2 aliphatic rings. The van der Waals surface area contributed by atoms with Crippen molar-refractivity contribution in [3.8, 4) is 5.75 Å². The molecule has 124 valence electrons. The normalized spacial score (nSPS) is 24.9. The van der Waals surface area contributed by atoms with E-state index in [1.165, 1.54) is 0 Å². The predicted octanol–water partition coefficient (Wildman–Crippen LogP) is 4.84. The van der Waals surface area contributed by atoms with Crippen molar-refractivity contribution in [3.05, 3.63) is 57.6 Å². The minimum atomic E-state index is -0.700. The highest BCUT2D eigenvalue weighted by atomic mass is 79.9. The molecule has 0 radical (unpaired) electrons. The number of aryl methyl sites for hydroxylation is 2. The number of rotatable bonds is 1. The van der Waals surface area contributed by atoms with E-state index in [9.17, 15) is 4.79 Å². The average Bonchev–Trinajstić information content (AvgIpc) is 2.46. The second-order valence-corrected chi connectivity index (χ2v) is 7.76. The molecule has 0 saturated carbocycles. The van der Waals surface area contributed by atoms with Gasteiger partial charge in [-0.2, -0.15) is 0 Å². The van der Waals surface area contributed by atoms with Crippen LogP contribution >= 0.6 is 15.9 Å². The number of urea groups is 1. The van der Waals surface area contributed by atoms with E-state index in [0.717, 1.165) is 32.6 Å². The van der Waals surface area contributed by atoms with E-state index in [0.29, 0.717) is 6.42 Å². The smallest absolute Gasteiger partial charge is 0.325 e. The molecule has 2 atom stereocenters. The molecule has 2 aromatic rings. The first-order valence-electron chi connectivity index (χ1n) is 8.03. The predicted molar refractivity (Wildman–Crippen MR) is 97.5 cm³/mol. The lowest BCUT2D eigenvalue weighted by molar-refractivity contribution is 0.0378. The van der Waals surface area contributed by atoms with E-state index in [2.05, 4.69) is 27.3 Å². The van der Waals surface area contributed by atoms with Crippen molar-refractivity contribution in [1.29, 1.82) is 0 Å². The minimum absolute atomic E-state index is 0.0362. The van der Waals surface area contributed by atoms with Crippen molar-refractivity contribution >= 4 is 27.6 Å². The number of anilines is 1. The van der Waals surface area contributed by atoms with Gasteiger partial charge in [0.25, 0.3) is 0 Å². The lowest BCUT2D eigenvalue weighted by Crippen LogP contribution is -2.65. The van der Waals surface area contributed by atoms with E-state index in [4.69, 9.17) is 4.74 Å². The molecule has 0 spiro atoms. The summed E-state index contributed by atoms with van der Waals surface area (Å²) in [6.07, 6.45) is 0.704. The Balaban J connectivity index is 1.82. The molecule has 2 bridgehead atoms. The largest absolute Gasteiger partial charge is 0.467 e. The number of nitrogens with zero attached hydrogens (tertiary/aromatic N) is 1. The molecule has 0 aromatic heterocycles. The van der Waals surface area contributed by atoms with Crippen molar-refractivity contribution < 1.29 is 9.53 Å². The summed E-state index contributed by atoms with van der Waals surface area (Å²) in [5, 5.41) is 3.13. The van der Waals surface area contributed by atoms with Crippen molar-refractivity contribution in [2.45, 2.75) is 39.0 Å². The van der Waals surface area contributed by atoms with Gasteiger partial charge in [-0.3, -0.25) is 4.90 Å².